The van der Waals surface area contributed by atoms with Crippen LogP contribution in [-0.4, -0.2) is 18.9 Å². The minimum atomic E-state index is -4.11. The topological polar surface area (TPSA) is 12.5 Å². The zero-order valence-electron chi connectivity index (χ0n) is 4.55. The van der Waals surface area contributed by atoms with Crippen LogP contribution >= 0.6 is 0 Å². The number of hydrogen-bond donors (Lipinski definition) is 0. The third-order valence-electron chi connectivity index (χ3n) is 0.698. The maximum atomic E-state index is 11.1. The van der Waals surface area contributed by atoms with Crippen LogP contribution in [0, 0.1) is 0 Å². The molecule has 0 saturated carbocycles. The first-order valence-corrected chi connectivity index (χ1v) is 1.79. The van der Waals surface area contributed by atoms with Crippen molar-refractivity contribution in [1.29, 1.82) is 0 Å². The highest BCUT2D eigenvalue weighted by molar-refractivity contribution is 4.76. The normalized spacial score (nSPS) is 21.3. The lowest BCUT2D eigenvalue weighted by molar-refractivity contribution is -0.146. The van der Waals surface area contributed by atoms with E-state index in [1.807, 2.05) is 0 Å². The fourth-order valence-corrected chi connectivity index (χ4v) is 0.237. The molecule has 0 aromatic rings. The highest BCUT2D eigenvalue weighted by atomic mass is 19.4. The van der Waals surface area contributed by atoms with Gasteiger partial charge in [-0.2, -0.15) is 13.2 Å². The molecule has 1 nitrogen and oxygen atoms in total. The molecule has 1 rings (SSSR count). The van der Waals surface area contributed by atoms with Gasteiger partial charge in [-0.3, -0.25) is 14.1 Å². The summed E-state index contributed by atoms with van der Waals surface area (Å²) in [6, 6.07) is 0. The molecule has 0 aromatic carbocycles. The van der Waals surface area contributed by atoms with E-state index in [1.165, 1.54) is 0 Å². The number of halogens is 6. The van der Waals surface area contributed by atoms with E-state index < -0.39 is 12.3 Å². The first-order valence-electron chi connectivity index (χ1n) is 1.79. The fraction of sp³-hybridized carbons (Fsp3) is 1.00. The lowest BCUT2D eigenvalue weighted by Crippen LogP contribution is -2.15. The Balaban J connectivity index is -0.000000163. The van der Waals surface area contributed by atoms with Crippen molar-refractivity contribution in [2.45, 2.75) is 12.3 Å². The van der Waals surface area contributed by atoms with Gasteiger partial charge in [0.25, 0.3) is 0 Å². The van der Waals surface area contributed by atoms with Gasteiger partial charge in [0.15, 0.2) is 6.10 Å². The van der Waals surface area contributed by atoms with Crippen molar-refractivity contribution in [3.8, 4) is 0 Å². The van der Waals surface area contributed by atoms with Gasteiger partial charge in [0, 0.05) is 0 Å². The first-order chi connectivity index (χ1) is 3.11. The summed E-state index contributed by atoms with van der Waals surface area (Å²) < 4.78 is 37.3. The van der Waals surface area contributed by atoms with Crippen LogP contribution in [0.5, 0.6) is 0 Å². The highest BCUT2D eigenvalue weighted by Gasteiger charge is 2.49. The van der Waals surface area contributed by atoms with Crippen LogP contribution in [0.4, 0.5) is 27.3 Å². The van der Waals surface area contributed by atoms with Crippen molar-refractivity contribution in [2.75, 3.05) is 6.61 Å². The van der Waals surface area contributed by atoms with E-state index in [0.29, 0.717) is 0 Å². The van der Waals surface area contributed by atoms with E-state index in [1.54, 1.807) is 0 Å². The second-order valence-corrected chi connectivity index (χ2v) is 1.36. The largest absolute Gasteiger partial charge is 0.416 e. The molecule has 7 heteroatoms. The molecule has 1 atom stereocenters. The predicted molar refractivity (Wildman–Crippen MR) is 23.3 cm³/mol. The van der Waals surface area contributed by atoms with Gasteiger partial charge >= 0.3 is 6.18 Å². The summed E-state index contributed by atoms with van der Waals surface area (Å²) >= 11 is 0. The molecule has 1 heterocycles. The first kappa shape index (κ1) is 16.3. The van der Waals surface area contributed by atoms with E-state index in [2.05, 4.69) is 4.74 Å². The molecule has 0 aliphatic carbocycles. The molecule has 0 aromatic heterocycles. The summed E-state index contributed by atoms with van der Waals surface area (Å²) in [4.78, 5) is 0. The average Bonchev–Trinajstić information content (AvgIpc) is 1.99. The van der Waals surface area contributed by atoms with Crippen molar-refractivity contribution >= 4 is 0 Å². The van der Waals surface area contributed by atoms with Crippen molar-refractivity contribution in [3.05, 3.63) is 0 Å². The average molecular weight is 172 g/mol. The fourth-order valence-electron chi connectivity index (χ4n) is 0.237. The molecule has 0 amide bonds. The van der Waals surface area contributed by atoms with Crippen LogP contribution in [0.15, 0.2) is 0 Å². The maximum absolute atomic E-state index is 11.1. The van der Waals surface area contributed by atoms with Crippen LogP contribution in [0.1, 0.15) is 0 Å². The Morgan fingerprint density at radius 3 is 1.40 bits per heavy atom. The van der Waals surface area contributed by atoms with Crippen LogP contribution in [0.2, 0.25) is 0 Å². The van der Waals surface area contributed by atoms with Gasteiger partial charge in [0.2, 0.25) is 0 Å². The molecule has 10 heavy (non-hydrogen) atoms. The molecule has 1 unspecified atom stereocenters. The quantitative estimate of drug-likeness (QED) is 0.397. The molecular formula is C3H6F6O. The van der Waals surface area contributed by atoms with Gasteiger partial charge in [-0.05, 0) is 0 Å². The zero-order chi connectivity index (χ0) is 5.49. The third-order valence-corrected chi connectivity index (χ3v) is 0.698. The highest BCUT2D eigenvalue weighted by Crippen LogP contribution is 2.30. The number of ether oxygens (including phenoxy) is 1. The summed E-state index contributed by atoms with van der Waals surface area (Å²) in [5.41, 5.74) is 0. The van der Waals surface area contributed by atoms with Crippen LogP contribution in [0.25, 0.3) is 0 Å². The van der Waals surface area contributed by atoms with Crippen LogP contribution in [0.3, 0.4) is 0 Å². The molecule has 0 spiro atoms. The Morgan fingerprint density at radius 1 is 1.10 bits per heavy atom. The molecule has 1 aliphatic heterocycles. The Bertz CT molecular complexity index is 75.6. The number of hydrogen-bond acceptors (Lipinski definition) is 1. The molecular weight excluding hydrogens is 166 g/mol. The Labute approximate surface area is 52.3 Å². The maximum Gasteiger partial charge on any atom is 0.416 e. The summed E-state index contributed by atoms with van der Waals surface area (Å²) in [6.45, 7) is -0.149. The van der Waals surface area contributed by atoms with Gasteiger partial charge in [0.05, 0.1) is 6.61 Å². The monoisotopic (exact) mass is 172 g/mol. The number of epoxide rings is 1. The molecule has 0 N–H and O–H groups in total. The molecule has 0 bridgehead atoms. The van der Waals surface area contributed by atoms with E-state index in [-0.39, 0.29) is 20.7 Å². The molecule has 1 saturated heterocycles. The molecule has 1 fully saturated rings. The van der Waals surface area contributed by atoms with E-state index >= 15 is 0 Å². The Hall–Kier alpha value is -0.460. The Morgan fingerprint density at radius 2 is 1.40 bits per heavy atom. The molecule has 66 valence electrons. The van der Waals surface area contributed by atoms with Gasteiger partial charge in [0.1, 0.15) is 0 Å². The molecule has 0 radical (unpaired) electrons. The van der Waals surface area contributed by atoms with E-state index in [0.717, 1.165) is 0 Å². The minimum absolute atomic E-state index is 0. The van der Waals surface area contributed by atoms with Gasteiger partial charge in [-0.1, -0.05) is 0 Å². The number of alkyl halides is 3. The third kappa shape index (κ3) is 4.42. The van der Waals surface area contributed by atoms with E-state index in [9.17, 15) is 13.2 Å². The molecule has 1 aliphatic rings. The number of rotatable bonds is 0. The minimum Gasteiger partial charge on any atom is -0.363 e. The van der Waals surface area contributed by atoms with E-state index in [4.69, 9.17) is 0 Å². The van der Waals surface area contributed by atoms with Crippen LogP contribution < -0.4 is 0 Å². The predicted octanol–water partition coefficient (Wildman–Crippen LogP) is 1.41. The SMILES string of the molecule is F.F.F.FC(F)(F)C1CO1. The summed E-state index contributed by atoms with van der Waals surface area (Å²) in [6.07, 6.45) is -5.56. The van der Waals surface area contributed by atoms with Crippen molar-refractivity contribution in [1.82, 2.24) is 0 Å². The summed E-state index contributed by atoms with van der Waals surface area (Å²) in [7, 11) is 0. The van der Waals surface area contributed by atoms with Crippen molar-refractivity contribution < 1.29 is 32.0 Å². The lowest BCUT2D eigenvalue weighted by atomic mass is 10.5. The van der Waals surface area contributed by atoms with Gasteiger partial charge in [-0.25, -0.2) is 0 Å². The Kier molecular flexibility index (Phi) is 7.11. The zero-order valence-corrected chi connectivity index (χ0v) is 4.55. The summed E-state index contributed by atoms with van der Waals surface area (Å²) in [5, 5.41) is 0. The van der Waals surface area contributed by atoms with Crippen LogP contribution in [-0.2, 0) is 4.74 Å². The second kappa shape index (κ2) is 4.37. The lowest BCUT2D eigenvalue weighted by Gasteiger charge is -1.96. The second-order valence-electron chi connectivity index (χ2n) is 1.36. The van der Waals surface area contributed by atoms with Crippen molar-refractivity contribution in [3.63, 3.8) is 0 Å². The van der Waals surface area contributed by atoms with Gasteiger partial charge in [-0.15, -0.1) is 0 Å². The van der Waals surface area contributed by atoms with Crippen molar-refractivity contribution in [2.24, 2.45) is 0 Å². The standard InChI is InChI=1S/C3H3F3O.3FH/c4-3(5,6)2-1-7-2;;;/h2H,1H2;3*1H. The summed E-state index contributed by atoms with van der Waals surface area (Å²) in [5.74, 6) is 0. The van der Waals surface area contributed by atoms with Gasteiger partial charge < -0.3 is 4.74 Å². The smallest absolute Gasteiger partial charge is 0.363 e.